The molecule has 1 aliphatic heterocycles. The van der Waals surface area contributed by atoms with Gasteiger partial charge in [-0.25, -0.2) is 9.59 Å². The van der Waals surface area contributed by atoms with E-state index in [2.05, 4.69) is 15.5 Å². The van der Waals surface area contributed by atoms with Crippen LogP contribution >= 0.6 is 0 Å². The molecular formula is C14H21N3O4. The molecule has 3 N–H and O–H groups in total. The quantitative estimate of drug-likeness (QED) is 0.658. The molecule has 7 nitrogen and oxygen atoms in total. The normalized spacial score (nSPS) is 15.0. The third-order valence-electron chi connectivity index (χ3n) is 3.43. The number of aromatic carboxylic acids is 1. The van der Waals surface area contributed by atoms with E-state index < -0.39 is 5.97 Å². The summed E-state index contributed by atoms with van der Waals surface area (Å²) >= 11 is 0. The molecule has 0 spiro atoms. The summed E-state index contributed by atoms with van der Waals surface area (Å²) in [6.45, 7) is 4.14. The van der Waals surface area contributed by atoms with Gasteiger partial charge in [0, 0.05) is 6.54 Å². The molecule has 2 amide bonds. The summed E-state index contributed by atoms with van der Waals surface area (Å²) in [6.07, 6.45) is 3.47. The predicted octanol–water partition coefficient (Wildman–Crippen LogP) is 1.26. The fourth-order valence-electron chi connectivity index (χ4n) is 2.33. The largest absolute Gasteiger partial charge is 0.475 e. The van der Waals surface area contributed by atoms with Gasteiger partial charge >= 0.3 is 12.0 Å². The second kappa shape index (κ2) is 7.68. The van der Waals surface area contributed by atoms with Crippen molar-refractivity contribution in [3.8, 4) is 0 Å². The minimum absolute atomic E-state index is 0.127. The molecule has 0 bridgehead atoms. The van der Waals surface area contributed by atoms with Gasteiger partial charge in [0.1, 0.15) is 5.76 Å². The van der Waals surface area contributed by atoms with Crippen molar-refractivity contribution in [2.45, 2.75) is 25.8 Å². The van der Waals surface area contributed by atoms with Gasteiger partial charge in [-0.15, -0.1) is 0 Å². The summed E-state index contributed by atoms with van der Waals surface area (Å²) in [5.41, 5.74) is 0. The van der Waals surface area contributed by atoms with Crippen LogP contribution in [-0.4, -0.2) is 48.2 Å². The van der Waals surface area contributed by atoms with Gasteiger partial charge in [-0.2, -0.15) is 0 Å². The average molecular weight is 295 g/mol. The zero-order chi connectivity index (χ0) is 15.1. The Balaban J connectivity index is 1.57. The minimum atomic E-state index is -1.12. The summed E-state index contributed by atoms with van der Waals surface area (Å²) in [7, 11) is 0. The van der Waals surface area contributed by atoms with E-state index in [0.717, 1.165) is 26.1 Å². The number of carbonyl (C=O) groups is 2. The Hall–Kier alpha value is -2.02. The molecule has 116 valence electrons. The Labute approximate surface area is 123 Å². The molecule has 0 aliphatic carbocycles. The molecule has 2 rings (SSSR count). The van der Waals surface area contributed by atoms with Gasteiger partial charge in [0.25, 0.3) is 0 Å². The van der Waals surface area contributed by atoms with E-state index in [4.69, 9.17) is 9.52 Å². The van der Waals surface area contributed by atoms with Crippen molar-refractivity contribution < 1.29 is 19.1 Å². The molecule has 1 saturated heterocycles. The van der Waals surface area contributed by atoms with E-state index >= 15 is 0 Å². The Kier molecular flexibility index (Phi) is 5.62. The monoisotopic (exact) mass is 295 g/mol. The van der Waals surface area contributed by atoms with Crippen molar-refractivity contribution in [3.63, 3.8) is 0 Å². The predicted molar refractivity (Wildman–Crippen MR) is 76.2 cm³/mol. The fourth-order valence-corrected chi connectivity index (χ4v) is 2.33. The van der Waals surface area contributed by atoms with Crippen LogP contribution in [0.4, 0.5) is 4.79 Å². The highest BCUT2D eigenvalue weighted by Gasteiger charge is 2.11. The summed E-state index contributed by atoms with van der Waals surface area (Å²) in [5.74, 6) is -0.829. The van der Waals surface area contributed by atoms with Gasteiger partial charge in [-0.1, -0.05) is 0 Å². The number of carboxylic acids is 1. The first kappa shape index (κ1) is 15.4. The van der Waals surface area contributed by atoms with Gasteiger partial charge in [0.15, 0.2) is 0 Å². The molecule has 0 saturated carbocycles. The van der Waals surface area contributed by atoms with Gasteiger partial charge in [0.05, 0.1) is 6.54 Å². The van der Waals surface area contributed by atoms with Crippen molar-refractivity contribution in [3.05, 3.63) is 23.7 Å². The van der Waals surface area contributed by atoms with E-state index in [1.54, 1.807) is 0 Å². The molecule has 2 heterocycles. The standard InChI is InChI=1S/C14H21N3O4/c18-13(19)12-5-4-11(21-12)10-16-14(20)15-6-3-9-17-7-1-2-8-17/h4-5H,1-3,6-10H2,(H,18,19)(H2,15,16,20). The van der Waals surface area contributed by atoms with Crippen LogP contribution in [0, 0.1) is 0 Å². The summed E-state index contributed by atoms with van der Waals surface area (Å²) in [6, 6.07) is 2.63. The Morgan fingerprint density at radius 2 is 2.00 bits per heavy atom. The number of carboxylic acid groups (broad SMARTS) is 1. The second-order valence-corrected chi connectivity index (χ2v) is 5.08. The molecule has 1 aromatic heterocycles. The van der Waals surface area contributed by atoms with E-state index in [1.807, 2.05) is 0 Å². The number of rotatable bonds is 7. The highest BCUT2D eigenvalue weighted by Crippen LogP contribution is 2.08. The molecule has 1 fully saturated rings. The number of hydrogen-bond donors (Lipinski definition) is 3. The third kappa shape index (κ3) is 5.11. The molecular weight excluding hydrogens is 274 g/mol. The fraction of sp³-hybridized carbons (Fsp3) is 0.571. The van der Waals surface area contributed by atoms with E-state index in [0.29, 0.717) is 12.3 Å². The van der Waals surface area contributed by atoms with Crippen LogP contribution in [0.5, 0.6) is 0 Å². The lowest BCUT2D eigenvalue weighted by atomic mass is 10.4. The Morgan fingerprint density at radius 3 is 2.67 bits per heavy atom. The SMILES string of the molecule is O=C(NCCCN1CCCC1)NCc1ccc(C(=O)O)o1. The number of urea groups is 1. The van der Waals surface area contributed by atoms with Crippen LogP contribution in [-0.2, 0) is 6.54 Å². The highest BCUT2D eigenvalue weighted by molar-refractivity contribution is 5.84. The number of hydrogen-bond acceptors (Lipinski definition) is 4. The number of furan rings is 1. The van der Waals surface area contributed by atoms with Crippen LogP contribution in [0.15, 0.2) is 16.5 Å². The smallest absolute Gasteiger partial charge is 0.371 e. The van der Waals surface area contributed by atoms with Crippen LogP contribution in [0.25, 0.3) is 0 Å². The lowest BCUT2D eigenvalue weighted by Crippen LogP contribution is -2.36. The zero-order valence-corrected chi connectivity index (χ0v) is 11.9. The molecule has 1 aromatic rings. The number of amides is 2. The molecule has 0 atom stereocenters. The van der Waals surface area contributed by atoms with Crippen molar-refractivity contribution >= 4 is 12.0 Å². The van der Waals surface area contributed by atoms with Crippen LogP contribution in [0.1, 0.15) is 35.6 Å². The molecule has 0 radical (unpaired) electrons. The van der Waals surface area contributed by atoms with E-state index in [1.165, 1.54) is 25.0 Å². The maximum atomic E-state index is 11.6. The summed E-state index contributed by atoms with van der Waals surface area (Å²) in [5, 5.41) is 14.1. The van der Waals surface area contributed by atoms with E-state index in [-0.39, 0.29) is 18.3 Å². The maximum Gasteiger partial charge on any atom is 0.371 e. The van der Waals surface area contributed by atoms with Crippen LogP contribution in [0.2, 0.25) is 0 Å². The Bertz CT molecular complexity index is 480. The van der Waals surface area contributed by atoms with Crippen molar-refractivity contribution in [2.75, 3.05) is 26.2 Å². The molecule has 21 heavy (non-hydrogen) atoms. The number of likely N-dealkylation sites (tertiary alicyclic amines) is 1. The van der Waals surface area contributed by atoms with Crippen molar-refractivity contribution in [1.29, 1.82) is 0 Å². The first-order chi connectivity index (χ1) is 10.1. The maximum absolute atomic E-state index is 11.6. The van der Waals surface area contributed by atoms with Crippen molar-refractivity contribution in [1.82, 2.24) is 15.5 Å². The molecule has 7 heteroatoms. The molecule has 1 aliphatic rings. The number of carbonyl (C=O) groups excluding carboxylic acids is 1. The van der Waals surface area contributed by atoms with Gasteiger partial charge in [0.2, 0.25) is 5.76 Å². The van der Waals surface area contributed by atoms with Crippen LogP contribution < -0.4 is 10.6 Å². The lowest BCUT2D eigenvalue weighted by Gasteiger charge is -2.14. The highest BCUT2D eigenvalue weighted by atomic mass is 16.4. The van der Waals surface area contributed by atoms with Gasteiger partial charge in [-0.3, -0.25) is 0 Å². The third-order valence-corrected chi connectivity index (χ3v) is 3.43. The summed E-state index contributed by atoms with van der Waals surface area (Å²) in [4.78, 5) is 24.6. The average Bonchev–Trinajstić information content (AvgIpc) is 3.12. The lowest BCUT2D eigenvalue weighted by molar-refractivity contribution is 0.0660. The first-order valence-corrected chi connectivity index (χ1v) is 7.21. The van der Waals surface area contributed by atoms with Gasteiger partial charge < -0.3 is 25.1 Å². The molecule has 0 unspecified atom stereocenters. The first-order valence-electron chi connectivity index (χ1n) is 7.21. The topological polar surface area (TPSA) is 94.8 Å². The summed E-state index contributed by atoms with van der Waals surface area (Å²) < 4.78 is 5.04. The number of nitrogens with one attached hydrogen (secondary N) is 2. The van der Waals surface area contributed by atoms with Crippen LogP contribution in [0.3, 0.4) is 0 Å². The van der Waals surface area contributed by atoms with Crippen molar-refractivity contribution in [2.24, 2.45) is 0 Å². The Morgan fingerprint density at radius 1 is 1.24 bits per heavy atom. The van der Waals surface area contributed by atoms with E-state index in [9.17, 15) is 9.59 Å². The van der Waals surface area contributed by atoms with Gasteiger partial charge in [-0.05, 0) is 51.0 Å². The second-order valence-electron chi connectivity index (χ2n) is 5.08. The zero-order valence-electron chi connectivity index (χ0n) is 11.9. The minimum Gasteiger partial charge on any atom is -0.475 e. The number of nitrogens with zero attached hydrogens (tertiary/aromatic N) is 1. The molecule has 0 aromatic carbocycles.